The third-order valence-electron chi connectivity index (χ3n) is 3.18. The van der Waals surface area contributed by atoms with Gasteiger partial charge in [-0.15, -0.1) is 0 Å². The van der Waals surface area contributed by atoms with Crippen molar-refractivity contribution in [2.75, 3.05) is 6.61 Å². The Balaban J connectivity index is 2.09. The summed E-state index contributed by atoms with van der Waals surface area (Å²) in [7, 11) is 0. The van der Waals surface area contributed by atoms with Crippen LogP contribution in [-0.2, 0) is 4.74 Å². The Labute approximate surface area is 117 Å². The number of benzene rings is 2. The summed E-state index contributed by atoms with van der Waals surface area (Å²) in [6.45, 7) is 2.56. The molecule has 2 aromatic carbocycles. The second kappa shape index (κ2) is 5.06. The van der Waals surface area contributed by atoms with Gasteiger partial charge in [-0.25, -0.2) is 4.99 Å². The summed E-state index contributed by atoms with van der Waals surface area (Å²) in [6.07, 6.45) is 0. The summed E-state index contributed by atoms with van der Waals surface area (Å²) in [5, 5.41) is 0.708. The fraction of sp³-hybridized carbons (Fsp3) is 0.188. The second-order valence-corrected chi connectivity index (χ2v) is 4.85. The van der Waals surface area contributed by atoms with Crippen molar-refractivity contribution < 1.29 is 4.74 Å². The minimum absolute atomic E-state index is 0.00927. The molecule has 96 valence electrons. The van der Waals surface area contributed by atoms with Crippen LogP contribution in [-0.4, -0.2) is 12.5 Å². The third kappa shape index (κ3) is 2.24. The van der Waals surface area contributed by atoms with E-state index in [0.29, 0.717) is 17.5 Å². The molecule has 1 aliphatic rings. The van der Waals surface area contributed by atoms with Crippen LogP contribution in [0.2, 0.25) is 5.02 Å². The standard InChI is InChI=1S/C16H14ClNO/c1-2-19-16-14-10-12(17)8-9-13(14)15(18-16)11-6-4-3-5-7-11/h3-10,15H,2H2,1H3. The monoisotopic (exact) mass is 271 g/mol. The van der Waals surface area contributed by atoms with Crippen molar-refractivity contribution >= 4 is 17.5 Å². The van der Waals surface area contributed by atoms with Gasteiger partial charge in [0.1, 0.15) is 6.04 Å². The van der Waals surface area contributed by atoms with Gasteiger partial charge in [-0.05, 0) is 30.2 Å². The molecule has 1 atom stereocenters. The average Bonchev–Trinajstić information content (AvgIpc) is 2.79. The van der Waals surface area contributed by atoms with Gasteiger partial charge in [0.15, 0.2) is 0 Å². The Kier molecular flexibility index (Phi) is 3.26. The van der Waals surface area contributed by atoms with Crippen molar-refractivity contribution in [2.24, 2.45) is 4.99 Å². The third-order valence-corrected chi connectivity index (χ3v) is 3.42. The number of aliphatic imine (C=N–C) groups is 1. The average molecular weight is 272 g/mol. The molecule has 0 saturated heterocycles. The van der Waals surface area contributed by atoms with E-state index in [0.717, 1.165) is 11.1 Å². The fourth-order valence-corrected chi connectivity index (χ4v) is 2.52. The van der Waals surface area contributed by atoms with Crippen molar-refractivity contribution in [3.8, 4) is 0 Å². The minimum atomic E-state index is 0.00927. The van der Waals surface area contributed by atoms with E-state index in [-0.39, 0.29) is 6.04 Å². The van der Waals surface area contributed by atoms with Crippen molar-refractivity contribution in [1.29, 1.82) is 0 Å². The molecule has 2 nitrogen and oxygen atoms in total. The van der Waals surface area contributed by atoms with E-state index in [9.17, 15) is 0 Å². The van der Waals surface area contributed by atoms with Gasteiger partial charge in [0.25, 0.3) is 0 Å². The number of nitrogens with zero attached hydrogens (tertiary/aromatic N) is 1. The molecule has 19 heavy (non-hydrogen) atoms. The topological polar surface area (TPSA) is 21.6 Å². The van der Waals surface area contributed by atoms with Crippen LogP contribution in [0.25, 0.3) is 0 Å². The van der Waals surface area contributed by atoms with E-state index in [4.69, 9.17) is 21.3 Å². The first-order chi connectivity index (χ1) is 9.29. The highest BCUT2D eigenvalue weighted by Gasteiger charge is 2.27. The zero-order valence-corrected chi connectivity index (χ0v) is 11.4. The lowest BCUT2D eigenvalue weighted by Gasteiger charge is -2.09. The second-order valence-electron chi connectivity index (χ2n) is 4.41. The molecular weight excluding hydrogens is 258 g/mol. The number of hydrogen-bond acceptors (Lipinski definition) is 2. The molecule has 0 N–H and O–H groups in total. The number of ether oxygens (including phenoxy) is 1. The predicted molar refractivity (Wildman–Crippen MR) is 77.9 cm³/mol. The van der Waals surface area contributed by atoms with Gasteiger partial charge in [-0.1, -0.05) is 48.0 Å². The number of rotatable bonds is 2. The van der Waals surface area contributed by atoms with Crippen LogP contribution in [0.1, 0.15) is 29.7 Å². The van der Waals surface area contributed by atoms with Crippen LogP contribution >= 0.6 is 11.6 Å². The highest BCUT2D eigenvalue weighted by Crippen LogP contribution is 2.36. The summed E-state index contributed by atoms with van der Waals surface area (Å²) in [6, 6.07) is 16.1. The highest BCUT2D eigenvalue weighted by atomic mass is 35.5. The van der Waals surface area contributed by atoms with E-state index >= 15 is 0 Å². The molecule has 0 spiro atoms. The predicted octanol–water partition coefficient (Wildman–Crippen LogP) is 4.23. The summed E-state index contributed by atoms with van der Waals surface area (Å²) in [5.74, 6) is 0.689. The van der Waals surface area contributed by atoms with Crippen molar-refractivity contribution in [2.45, 2.75) is 13.0 Å². The first kappa shape index (κ1) is 12.2. The Hall–Kier alpha value is -1.80. The Morgan fingerprint density at radius 3 is 2.68 bits per heavy atom. The van der Waals surface area contributed by atoms with Gasteiger partial charge in [-0.3, -0.25) is 0 Å². The molecule has 0 amide bonds. The van der Waals surface area contributed by atoms with Crippen LogP contribution < -0.4 is 0 Å². The molecule has 3 heteroatoms. The highest BCUT2D eigenvalue weighted by molar-refractivity contribution is 6.31. The maximum Gasteiger partial charge on any atom is 0.217 e. The van der Waals surface area contributed by atoms with Gasteiger partial charge in [-0.2, -0.15) is 0 Å². The summed E-state index contributed by atoms with van der Waals surface area (Å²) in [5.41, 5.74) is 3.32. The van der Waals surface area contributed by atoms with Gasteiger partial charge in [0.2, 0.25) is 5.90 Å². The van der Waals surface area contributed by atoms with Gasteiger partial charge in [0, 0.05) is 10.6 Å². The van der Waals surface area contributed by atoms with Gasteiger partial charge in [0.05, 0.1) is 6.61 Å². The summed E-state index contributed by atoms with van der Waals surface area (Å²) >= 11 is 6.07. The molecule has 0 saturated carbocycles. The van der Waals surface area contributed by atoms with E-state index in [1.807, 2.05) is 43.3 Å². The summed E-state index contributed by atoms with van der Waals surface area (Å²) in [4.78, 5) is 4.69. The minimum Gasteiger partial charge on any atom is -0.478 e. The lowest BCUT2D eigenvalue weighted by Crippen LogP contribution is -2.03. The zero-order valence-electron chi connectivity index (χ0n) is 10.6. The first-order valence-corrected chi connectivity index (χ1v) is 6.72. The number of halogens is 1. The largest absolute Gasteiger partial charge is 0.478 e. The van der Waals surface area contributed by atoms with Crippen LogP contribution in [0, 0.1) is 0 Å². The van der Waals surface area contributed by atoms with E-state index in [2.05, 4.69) is 12.1 Å². The Morgan fingerprint density at radius 2 is 1.95 bits per heavy atom. The van der Waals surface area contributed by atoms with Crippen LogP contribution in [0.15, 0.2) is 53.5 Å². The summed E-state index contributed by atoms with van der Waals surface area (Å²) < 4.78 is 5.63. The maximum atomic E-state index is 6.07. The van der Waals surface area contributed by atoms with E-state index < -0.39 is 0 Å². The van der Waals surface area contributed by atoms with E-state index in [1.54, 1.807) is 0 Å². The van der Waals surface area contributed by atoms with Crippen molar-refractivity contribution in [1.82, 2.24) is 0 Å². The molecule has 2 aromatic rings. The quantitative estimate of drug-likeness (QED) is 0.801. The van der Waals surface area contributed by atoms with Crippen molar-refractivity contribution in [3.05, 3.63) is 70.2 Å². The molecule has 0 fully saturated rings. The molecule has 0 radical (unpaired) electrons. The Bertz CT molecular complexity index is 622. The molecule has 1 unspecified atom stereocenters. The van der Waals surface area contributed by atoms with Crippen LogP contribution in [0.5, 0.6) is 0 Å². The first-order valence-electron chi connectivity index (χ1n) is 6.35. The number of fused-ring (bicyclic) bond motifs is 1. The molecule has 1 aliphatic heterocycles. The normalized spacial score (nSPS) is 16.9. The molecule has 3 rings (SSSR count). The molecule has 0 bridgehead atoms. The molecule has 1 heterocycles. The van der Waals surface area contributed by atoms with Gasteiger partial charge < -0.3 is 4.74 Å². The Morgan fingerprint density at radius 1 is 1.16 bits per heavy atom. The smallest absolute Gasteiger partial charge is 0.217 e. The molecule has 0 aliphatic carbocycles. The van der Waals surface area contributed by atoms with Gasteiger partial charge >= 0.3 is 0 Å². The lowest BCUT2D eigenvalue weighted by molar-refractivity contribution is 0.328. The van der Waals surface area contributed by atoms with E-state index in [1.165, 1.54) is 5.56 Å². The van der Waals surface area contributed by atoms with Crippen molar-refractivity contribution in [3.63, 3.8) is 0 Å². The SMILES string of the molecule is CCOC1=NC(c2ccccc2)c2ccc(Cl)cc21. The van der Waals surface area contributed by atoms with Crippen LogP contribution in [0.3, 0.4) is 0 Å². The zero-order chi connectivity index (χ0) is 13.2. The maximum absolute atomic E-state index is 6.07. The lowest BCUT2D eigenvalue weighted by atomic mass is 9.98. The molecule has 0 aromatic heterocycles. The molecular formula is C16H14ClNO. The number of hydrogen-bond donors (Lipinski definition) is 0. The fourth-order valence-electron chi connectivity index (χ4n) is 2.35. The van der Waals surface area contributed by atoms with Crippen LogP contribution in [0.4, 0.5) is 0 Å².